The summed E-state index contributed by atoms with van der Waals surface area (Å²) in [4.78, 5) is 2.48. The Labute approximate surface area is 109 Å². The van der Waals surface area contributed by atoms with E-state index in [2.05, 4.69) is 51.9 Å². The van der Waals surface area contributed by atoms with Gasteiger partial charge in [-0.1, -0.05) is 26.7 Å². The average molecular weight is 242 g/mol. The predicted octanol–water partition coefficient (Wildman–Crippen LogP) is 3.52. The Bertz CT molecular complexity index is 172. The molecule has 0 spiro atoms. The summed E-state index contributed by atoms with van der Waals surface area (Å²) in [7, 11) is 2.25. The van der Waals surface area contributed by atoms with E-state index in [-0.39, 0.29) is 5.54 Å². The predicted molar refractivity (Wildman–Crippen MR) is 78.6 cm³/mol. The second-order valence-electron chi connectivity index (χ2n) is 6.51. The first kappa shape index (κ1) is 16.9. The highest BCUT2D eigenvalue weighted by atomic mass is 15.1. The summed E-state index contributed by atoms with van der Waals surface area (Å²) in [5, 5.41) is 3.54. The van der Waals surface area contributed by atoms with E-state index in [0.717, 1.165) is 12.5 Å². The molecule has 0 saturated heterocycles. The number of nitrogens with one attached hydrogen (secondary N) is 1. The molecule has 0 aliphatic rings. The first-order chi connectivity index (χ1) is 7.85. The zero-order valence-corrected chi connectivity index (χ0v) is 13.0. The Morgan fingerprint density at radius 1 is 1.12 bits per heavy atom. The quantitative estimate of drug-likeness (QED) is 0.622. The van der Waals surface area contributed by atoms with Gasteiger partial charge in [-0.25, -0.2) is 0 Å². The summed E-state index contributed by atoms with van der Waals surface area (Å²) < 4.78 is 0. The van der Waals surface area contributed by atoms with Gasteiger partial charge in [0.2, 0.25) is 0 Å². The van der Waals surface area contributed by atoms with Crippen LogP contribution in [0.15, 0.2) is 0 Å². The molecule has 1 unspecified atom stereocenters. The van der Waals surface area contributed by atoms with Crippen LogP contribution in [0.5, 0.6) is 0 Å². The topological polar surface area (TPSA) is 15.3 Å². The largest absolute Gasteiger partial charge is 0.312 e. The molecule has 0 amide bonds. The van der Waals surface area contributed by atoms with Crippen molar-refractivity contribution in [1.82, 2.24) is 10.2 Å². The van der Waals surface area contributed by atoms with Crippen LogP contribution in [0.1, 0.15) is 60.3 Å². The summed E-state index contributed by atoms with van der Waals surface area (Å²) in [5.74, 6) is 0.836. The average Bonchev–Trinajstić information content (AvgIpc) is 2.21. The third-order valence-electron chi connectivity index (χ3n) is 3.19. The van der Waals surface area contributed by atoms with Gasteiger partial charge < -0.3 is 10.2 Å². The zero-order chi connectivity index (χ0) is 13.3. The summed E-state index contributed by atoms with van der Waals surface area (Å²) in [5.41, 5.74) is 0.271. The molecule has 0 bridgehead atoms. The summed E-state index contributed by atoms with van der Waals surface area (Å²) in [6.07, 6.45) is 5.26. The molecule has 0 aromatic rings. The smallest absolute Gasteiger partial charge is 0.00965 e. The van der Waals surface area contributed by atoms with Crippen molar-refractivity contribution < 1.29 is 0 Å². The molecular formula is C15H34N2. The Hall–Kier alpha value is -0.0800. The molecule has 2 heteroatoms. The maximum atomic E-state index is 3.54. The molecule has 2 nitrogen and oxygen atoms in total. The first-order valence-corrected chi connectivity index (χ1v) is 7.28. The number of unbranched alkanes of at least 4 members (excludes halogenated alkanes) is 2. The molecule has 0 fully saturated rings. The maximum absolute atomic E-state index is 3.54. The fourth-order valence-corrected chi connectivity index (χ4v) is 1.90. The highest BCUT2D eigenvalue weighted by Crippen LogP contribution is 2.05. The lowest BCUT2D eigenvalue weighted by molar-refractivity contribution is 0.275. The summed E-state index contributed by atoms with van der Waals surface area (Å²) in [6.45, 7) is 14.9. The van der Waals surface area contributed by atoms with Gasteiger partial charge in [0.15, 0.2) is 0 Å². The van der Waals surface area contributed by atoms with E-state index in [9.17, 15) is 0 Å². The number of hydrogen-bond donors (Lipinski definition) is 1. The number of hydrogen-bond acceptors (Lipinski definition) is 2. The Morgan fingerprint density at radius 2 is 1.76 bits per heavy atom. The van der Waals surface area contributed by atoms with Gasteiger partial charge >= 0.3 is 0 Å². The van der Waals surface area contributed by atoms with Crippen molar-refractivity contribution in [3.63, 3.8) is 0 Å². The SMILES string of the molecule is CCC(C)CN(C)CCCCCNC(C)(C)C. The van der Waals surface area contributed by atoms with Crippen LogP contribution in [0.3, 0.4) is 0 Å². The molecule has 0 heterocycles. The second kappa shape index (κ2) is 8.93. The molecule has 1 N–H and O–H groups in total. The molecule has 1 atom stereocenters. The van der Waals surface area contributed by atoms with Crippen LogP contribution in [-0.2, 0) is 0 Å². The summed E-state index contributed by atoms with van der Waals surface area (Å²) >= 11 is 0. The molecule has 104 valence electrons. The standard InChI is InChI=1S/C15H34N2/c1-7-14(2)13-17(6)12-10-8-9-11-16-15(3,4)5/h14,16H,7-13H2,1-6H3. The lowest BCUT2D eigenvalue weighted by Crippen LogP contribution is -2.36. The van der Waals surface area contributed by atoms with E-state index in [1.54, 1.807) is 0 Å². The van der Waals surface area contributed by atoms with Crippen molar-refractivity contribution in [2.24, 2.45) is 5.92 Å². The van der Waals surface area contributed by atoms with E-state index >= 15 is 0 Å². The van der Waals surface area contributed by atoms with Crippen LogP contribution >= 0.6 is 0 Å². The van der Waals surface area contributed by atoms with Crippen molar-refractivity contribution in [2.45, 2.75) is 65.8 Å². The molecule has 0 aromatic heterocycles. The van der Waals surface area contributed by atoms with Crippen LogP contribution in [-0.4, -0.2) is 37.1 Å². The molecule has 0 aliphatic carbocycles. The highest BCUT2D eigenvalue weighted by molar-refractivity contribution is 4.69. The molecule has 0 radical (unpaired) electrons. The van der Waals surface area contributed by atoms with Crippen molar-refractivity contribution >= 4 is 0 Å². The minimum Gasteiger partial charge on any atom is -0.312 e. The van der Waals surface area contributed by atoms with Gasteiger partial charge in [-0.15, -0.1) is 0 Å². The van der Waals surface area contributed by atoms with Gasteiger partial charge in [0.05, 0.1) is 0 Å². The molecule has 0 rings (SSSR count). The molecular weight excluding hydrogens is 208 g/mol. The second-order valence-corrected chi connectivity index (χ2v) is 6.51. The van der Waals surface area contributed by atoms with Crippen LogP contribution in [0.4, 0.5) is 0 Å². The minimum absolute atomic E-state index is 0.271. The van der Waals surface area contributed by atoms with Gasteiger partial charge in [-0.2, -0.15) is 0 Å². The Balaban J connectivity index is 3.33. The van der Waals surface area contributed by atoms with Crippen LogP contribution in [0.2, 0.25) is 0 Å². The third-order valence-corrected chi connectivity index (χ3v) is 3.19. The Morgan fingerprint density at radius 3 is 2.29 bits per heavy atom. The normalized spacial score (nSPS) is 14.3. The van der Waals surface area contributed by atoms with Gasteiger partial charge in [0.25, 0.3) is 0 Å². The van der Waals surface area contributed by atoms with Crippen LogP contribution in [0, 0.1) is 5.92 Å². The molecule has 17 heavy (non-hydrogen) atoms. The van der Waals surface area contributed by atoms with Crippen LogP contribution in [0.25, 0.3) is 0 Å². The monoisotopic (exact) mass is 242 g/mol. The van der Waals surface area contributed by atoms with Gasteiger partial charge in [0.1, 0.15) is 0 Å². The lowest BCUT2D eigenvalue weighted by atomic mass is 10.1. The number of rotatable bonds is 9. The Kier molecular flexibility index (Phi) is 8.89. The van der Waals surface area contributed by atoms with E-state index in [4.69, 9.17) is 0 Å². The van der Waals surface area contributed by atoms with E-state index in [0.29, 0.717) is 0 Å². The van der Waals surface area contributed by atoms with E-state index in [1.165, 1.54) is 38.8 Å². The van der Waals surface area contributed by atoms with E-state index in [1.807, 2.05) is 0 Å². The molecule has 0 saturated carbocycles. The fraction of sp³-hybridized carbons (Fsp3) is 1.00. The lowest BCUT2D eigenvalue weighted by Gasteiger charge is -2.21. The summed E-state index contributed by atoms with van der Waals surface area (Å²) in [6, 6.07) is 0. The maximum Gasteiger partial charge on any atom is 0.00965 e. The molecule has 0 aromatic carbocycles. The van der Waals surface area contributed by atoms with Crippen LogP contribution < -0.4 is 5.32 Å². The van der Waals surface area contributed by atoms with Gasteiger partial charge in [-0.05, 0) is 59.7 Å². The number of nitrogens with zero attached hydrogens (tertiary/aromatic N) is 1. The highest BCUT2D eigenvalue weighted by Gasteiger charge is 2.07. The van der Waals surface area contributed by atoms with Gasteiger partial charge in [0, 0.05) is 12.1 Å². The fourth-order valence-electron chi connectivity index (χ4n) is 1.90. The van der Waals surface area contributed by atoms with Gasteiger partial charge in [-0.3, -0.25) is 0 Å². The minimum atomic E-state index is 0.271. The van der Waals surface area contributed by atoms with Crippen molar-refractivity contribution in [1.29, 1.82) is 0 Å². The zero-order valence-electron chi connectivity index (χ0n) is 13.0. The third kappa shape index (κ3) is 12.2. The van der Waals surface area contributed by atoms with Crippen molar-refractivity contribution in [3.05, 3.63) is 0 Å². The van der Waals surface area contributed by atoms with E-state index < -0.39 is 0 Å². The van der Waals surface area contributed by atoms with Crippen molar-refractivity contribution in [2.75, 3.05) is 26.7 Å². The molecule has 0 aliphatic heterocycles. The van der Waals surface area contributed by atoms with Crippen molar-refractivity contribution in [3.8, 4) is 0 Å². The first-order valence-electron chi connectivity index (χ1n) is 7.28.